The molecule has 0 atom stereocenters. The number of halogens is 1. The van der Waals surface area contributed by atoms with Crippen LogP contribution in [0, 0.1) is 0 Å². The first-order chi connectivity index (χ1) is 13.6. The van der Waals surface area contributed by atoms with Gasteiger partial charge < -0.3 is 14.5 Å². The number of nitrogens with zero attached hydrogens (tertiary/aromatic N) is 2. The Morgan fingerprint density at radius 2 is 1.79 bits per heavy atom. The predicted octanol–water partition coefficient (Wildman–Crippen LogP) is 3.65. The van der Waals surface area contributed by atoms with Crippen molar-refractivity contribution in [2.45, 2.75) is 25.8 Å². The number of carbonyl (C=O) groups is 2. The molecule has 1 saturated heterocycles. The second kappa shape index (κ2) is 8.35. The van der Waals surface area contributed by atoms with Gasteiger partial charge in [-0.25, -0.2) is 0 Å². The Labute approximate surface area is 173 Å². The Balaban J connectivity index is 1.45. The Morgan fingerprint density at radius 3 is 2.54 bits per heavy atom. The number of benzene rings is 2. The third kappa shape index (κ3) is 4.07. The molecule has 0 spiro atoms. The normalized spacial score (nSPS) is 16.2. The molecule has 0 saturated carbocycles. The molecule has 1 fully saturated rings. The van der Waals surface area contributed by atoms with Crippen LogP contribution in [0.4, 0.5) is 0 Å². The van der Waals surface area contributed by atoms with E-state index in [2.05, 4.69) is 15.9 Å². The van der Waals surface area contributed by atoms with E-state index in [9.17, 15) is 9.59 Å². The zero-order chi connectivity index (χ0) is 19.5. The van der Waals surface area contributed by atoms with E-state index in [0.717, 1.165) is 48.0 Å². The number of hydrogen-bond acceptors (Lipinski definition) is 3. The van der Waals surface area contributed by atoms with Gasteiger partial charge in [0.15, 0.2) is 6.61 Å². The zero-order valence-corrected chi connectivity index (χ0v) is 17.3. The van der Waals surface area contributed by atoms with Crippen LogP contribution in [0.2, 0.25) is 0 Å². The fourth-order valence-electron chi connectivity index (χ4n) is 3.84. The molecule has 2 aliphatic rings. The Morgan fingerprint density at radius 1 is 1.04 bits per heavy atom. The minimum absolute atomic E-state index is 0.0143. The molecule has 0 aliphatic carbocycles. The van der Waals surface area contributed by atoms with Gasteiger partial charge in [-0.05, 0) is 49.1 Å². The van der Waals surface area contributed by atoms with Crippen molar-refractivity contribution in [2.75, 3.05) is 26.2 Å². The molecule has 146 valence electrons. The van der Waals surface area contributed by atoms with E-state index in [-0.39, 0.29) is 18.4 Å². The van der Waals surface area contributed by atoms with Gasteiger partial charge in [-0.15, -0.1) is 0 Å². The van der Waals surface area contributed by atoms with Crippen LogP contribution in [-0.4, -0.2) is 47.9 Å². The highest BCUT2D eigenvalue weighted by atomic mass is 79.9. The molecule has 0 bridgehead atoms. The molecule has 2 heterocycles. The summed E-state index contributed by atoms with van der Waals surface area (Å²) in [5.41, 5.74) is 2.69. The van der Waals surface area contributed by atoms with Crippen LogP contribution in [0.25, 0.3) is 0 Å². The van der Waals surface area contributed by atoms with Crippen LogP contribution in [0.15, 0.2) is 46.9 Å². The second-order valence-electron chi connectivity index (χ2n) is 7.26. The second-order valence-corrected chi connectivity index (χ2v) is 8.18. The summed E-state index contributed by atoms with van der Waals surface area (Å²) in [5.74, 6) is 0.691. The monoisotopic (exact) mass is 442 g/mol. The van der Waals surface area contributed by atoms with Gasteiger partial charge in [-0.2, -0.15) is 0 Å². The Kier molecular flexibility index (Phi) is 5.67. The molecule has 5 nitrogen and oxygen atoms in total. The van der Waals surface area contributed by atoms with Crippen molar-refractivity contribution in [1.82, 2.24) is 9.80 Å². The van der Waals surface area contributed by atoms with E-state index >= 15 is 0 Å². The van der Waals surface area contributed by atoms with Crippen LogP contribution in [0.1, 0.15) is 34.3 Å². The summed E-state index contributed by atoms with van der Waals surface area (Å²) in [7, 11) is 0. The number of likely N-dealkylation sites (tertiary alicyclic amines) is 1. The van der Waals surface area contributed by atoms with Gasteiger partial charge in [-0.1, -0.05) is 34.1 Å². The average molecular weight is 443 g/mol. The fourth-order valence-corrected chi connectivity index (χ4v) is 4.10. The number of amides is 2. The van der Waals surface area contributed by atoms with E-state index in [1.165, 1.54) is 0 Å². The molecular formula is C22H23BrN2O3. The maximum Gasteiger partial charge on any atom is 0.260 e. The van der Waals surface area contributed by atoms with Gasteiger partial charge in [0.25, 0.3) is 11.8 Å². The van der Waals surface area contributed by atoms with Gasteiger partial charge in [0.1, 0.15) is 5.75 Å². The lowest BCUT2D eigenvalue weighted by atomic mass is 9.97. The molecule has 28 heavy (non-hydrogen) atoms. The van der Waals surface area contributed by atoms with Crippen molar-refractivity contribution in [3.63, 3.8) is 0 Å². The molecule has 2 aromatic rings. The summed E-state index contributed by atoms with van der Waals surface area (Å²) in [6.45, 7) is 2.90. The lowest BCUT2D eigenvalue weighted by molar-refractivity contribution is -0.132. The molecule has 2 aliphatic heterocycles. The SMILES string of the molecule is O=C(COc1cccc2c1CCN(Cc1ccc(Br)cc1)C2=O)N1CCCC1. The number of rotatable bonds is 5. The highest BCUT2D eigenvalue weighted by Gasteiger charge is 2.27. The predicted molar refractivity (Wildman–Crippen MR) is 110 cm³/mol. The van der Waals surface area contributed by atoms with E-state index < -0.39 is 0 Å². The summed E-state index contributed by atoms with van der Waals surface area (Å²) in [4.78, 5) is 28.9. The number of carbonyl (C=O) groups excluding carboxylic acids is 2. The van der Waals surface area contributed by atoms with Crippen molar-refractivity contribution in [2.24, 2.45) is 0 Å². The summed E-state index contributed by atoms with van der Waals surface area (Å²) in [5, 5.41) is 0. The third-order valence-corrected chi connectivity index (χ3v) is 5.91. The molecule has 0 unspecified atom stereocenters. The summed E-state index contributed by atoms with van der Waals surface area (Å²) < 4.78 is 6.85. The molecule has 2 aromatic carbocycles. The Bertz CT molecular complexity index is 876. The van der Waals surface area contributed by atoms with Gasteiger partial charge in [-0.3, -0.25) is 9.59 Å². The summed E-state index contributed by atoms with van der Waals surface area (Å²) in [6, 6.07) is 13.6. The van der Waals surface area contributed by atoms with E-state index in [0.29, 0.717) is 24.4 Å². The van der Waals surface area contributed by atoms with Gasteiger partial charge in [0, 0.05) is 41.8 Å². The quantitative estimate of drug-likeness (QED) is 0.709. The van der Waals surface area contributed by atoms with Crippen LogP contribution in [-0.2, 0) is 17.8 Å². The van der Waals surface area contributed by atoms with Crippen molar-refractivity contribution in [3.8, 4) is 5.75 Å². The largest absolute Gasteiger partial charge is 0.483 e. The first-order valence-electron chi connectivity index (χ1n) is 9.68. The fraction of sp³-hybridized carbons (Fsp3) is 0.364. The number of fused-ring (bicyclic) bond motifs is 1. The maximum atomic E-state index is 13.0. The minimum atomic E-state index is 0.0143. The molecule has 0 radical (unpaired) electrons. The van der Waals surface area contributed by atoms with E-state index in [1.807, 2.05) is 52.3 Å². The highest BCUT2D eigenvalue weighted by molar-refractivity contribution is 9.10. The highest BCUT2D eigenvalue weighted by Crippen LogP contribution is 2.29. The van der Waals surface area contributed by atoms with Gasteiger partial charge in [0.05, 0.1) is 0 Å². The smallest absolute Gasteiger partial charge is 0.260 e. The zero-order valence-electron chi connectivity index (χ0n) is 15.7. The first-order valence-corrected chi connectivity index (χ1v) is 10.5. The van der Waals surface area contributed by atoms with E-state index in [4.69, 9.17) is 4.74 Å². The molecule has 6 heteroatoms. The lowest BCUT2D eigenvalue weighted by Gasteiger charge is -2.30. The van der Waals surface area contributed by atoms with Crippen molar-refractivity contribution in [3.05, 3.63) is 63.6 Å². The van der Waals surface area contributed by atoms with Crippen LogP contribution in [0.3, 0.4) is 0 Å². The number of hydrogen-bond donors (Lipinski definition) is 0. The average Bonchev–Trinajstić information content (AvgIpc) is 3.25. The maximum absolute atomic E-state index is 13.0. The molecule has 4 rings (SSSR count). The molecule has 2 amide bonds. The minimum Gasteiger partial charge on any atom is -0.483 e. The standard InChI is InChI=1S/C22H23BrN2O3/c23-17-8-6-16(7-9-17)14-25-13-10-18-19(22(25)27)4-3-5-20(18)28-15-21(26)24-11-1-2-12-24/h3-9H,1-2,10-15H2. The molecular weight excluding hydrogens is 420 g/mol. The first kappa shape index (κ1) is 19.0. The summed E-state index contributed by atoms with van der Waals surface area (Å²) in [6.07, 6.45) is 2.86. The lowest BCUT2D eigenvalue weighted by Crippen LogP contribution is -2.37. The van der Waals surface area contributed by atoms with E-state index in [1.54, 1.807) is 0 Å². The van der Waals surface area contributed by atoms with Gasteiger partial charge >= 0.3 is 0 Å². The van der Waals surface area contributed by atoms with Crippen molar-refractivity contribution < 1.29 is 14.3 Å². The van der Waals surface area contributed by atoms with Crippen LogP contribution in [0.5, 0.6) is 5.75 Å². The molecule has 0 N–H and O–H groups in total. The van der Waals surface area contributed by atoms with Crippen LogP contribution >= 0.6 is 15.9 Å². The molecule has 0 aromatic heterocycles. The van der Waals surface area contributed by atoms with Crippen LogP contribution < -0.4 is 4.74 Å². The summed E-state index contributed by atoms with van der Waals surface area (Å²) >= 11 is 3.44. The topological polar surface area (TPSA) is 49.9 Å². The van der Waals surface area contributed by atoms with Crippen molar-refractivity contribution >= 4 is 27.7 Å². The third-order valence-electron chi connectivity index (χ3n) is 5.38. The van der Waals surface area contributed by atoms with Gasteiger partial charge in [0.2, 0.25) is 0 Å². The Hall–Kier alpha value is -2.34. The number of ether oxygens (including phenoxy) is 1. The van der Waals surface area contributed by atoms with Crippen molar-refractivity contribution in [1.29, 1.82) is 0 Å².